The summed E-state index contributed by atoms with van der Waals surface area (Å²) >= 11 is 0. The summed E-state index contributed by atoms with van der Waals surface area (Å²) in [5.41, 5.74) is 1.52. The average Bonchev–Trinajstić information content (AvgIpc) is 2.53. The standard InChI is InChI=1S/C15H18F3N3O2/c16-15(17,18)14(23)19-10-13(22)20-11-4-6-12(7-5-11)21-8-2-1-3-9-21/h4-7H,1-3,8-10H2,(H,19,23)(H,20,22). The Morgan fingerprint density at radius 1 is 1.04 bits per heavy atom. The first-order chi connectivity index (χ1) is 10.9. The van der Waals surface area contributed by atoms with Crippen LogP contribution < -0.4 is 15.5 Å². The predicted octanol–water partition coefficient (Wildman–Crippen LogP) is 2.29. The molecule has 2 N–H and O–H groups in total. The van der Waals surface area contributed by atoms with E-state index in [2.05, 4.69) is 10.2 Å². The highest BCUT2D eigenvalue weighted by atomic mass is 19.4. The number of hydrogen-bond donors (Lipinski definition) is 2. The Kier molecular flexibility index (Phi) is 5.46. The Morgan fingerprint density at radius 3 is 2.22 bits per heavy atom. The summed E-state index contributed by atoms with van der Waals surface area (Å²) in [4.78, 5) is 24.4. The highest BCUT2D eigenvalue weighted by Crippen LogP contribution is 2.21. The van der Waals surface area contributed by atoms with E-state index in [-0.39, 0.29) is 0 Å². The average molecular weight is 329 g/mol. The number of carbonyl (C=O) groups is 2. The van der Waals surface area contributed by atoms with Gasteiger partial charge in [-0.3, -0.25) is 9.59 Å². The first-order valence-electron chi connectivity index (χ1n) is 7.36. The van der Waals surface area contributed by atoms with E-state index in [1.165, 1.54) is 11.7 Å². The van der Waals surface area contributed by atoms with E-state index in [0.717, 1.165) is 31.6 Å². The summed E-state index contributed by atoms with van der Waals surface area (Å²) in [5, 5.41) is 3.96. The molecule has 1 aromatic rings. The molecule has 23 heavy (non-hydrogen) atoms. The van der Waals surface area contributed by atoms with E-state index in [0.29, 0.717) is 5.69 Å². The number of piperidine rings is 1. The van der Waals surface area contributed by atoms with Crippen LogP contribution in [0.5, 0.6) is 0 Å². The smallest absolute Gasteiger partial charge is 0.372 e. The van der Waals surface area contributed by atoms with Gasteiger partial charge in [0.05, 0.1) is 6.54 Å². The van der Waals surface area contributed by atoms with Gasteiger partial charge in [0.15, 0.2) is 0 Å². The Labute approximate surface area is 131 Å². The summed E-state index contributed by atoms with van der Waals surface area (Å²) in [7, 11) is 0. The lowest BCUT2D eigenvalue weighted by Gasteiger charge is -2.28. The van der Waals surface area contributed by atoms with Crippen molar-refractivity contribution in [3.05, 3.63) is 24.3 Å². The molecule has 2 amide bonds. The Balaban J connectivity index is 1.83. The number of rotatable bonds is 4. The third-order valence-electron chi connectivity index (χ3n) is 3.54. The normalized spacial score (nSPS) is 15.2. The number of hydrogen-bond acceptors (Lipinski definition) is 3. The van der Waals surface area contributed by atoms with Gasteiger partial charge in [0.25, 0.3) is 0 Å². The lowest BCUT2D eigenvalue weighted by atomic mass is 10.1. The molecule has 0 saturated carbocycles. The molecule has 0 aliphatic carbocycles. The molecule has 1 heterocycles. The van der Waals surface area contributed by atoms with Gasteiger partial charge >= 0.3 is 12.1 Å². The minimum absolute atomic E-state index is 0.469. The molecule has 0 spiro atoms. The van der Waals surface area contributed by atoms with Crippen LogP contribution in [0, 0.1) is 0 Å². The van der Waals surface area contributed by atoms with Crippen molar-refractivity contribution in [1.29, 1.82) is 0 Å². The fraction of sp³-hybridized carbons (Fsp3) is 0.467. The molecule has 2 rings (SSSR count). The number of alkyl halides is 3. The SMILES string of the molecule is O=C(CNC(=O)C(F)(F)F)Nc1ccc(N2CCCCC2)cc1. The minimum atomic E-state index is -4.99. The topological polar surface area (TPSA) is 61.4 Å². The Bertz CT molecular complexity index is 552. The molecular formula is C15H18F3N3O2. The number of nitrogens with one attached hydrogen (secondary N) is 2. The maximum Gasteiger partial charge on any atom is 0.471 e. The lowest BCUT2D eigenvalue weighted by molar-refractivity contribution is -0.173. The van der Waals surface area contributed by atoms with Gasteiger partial charge in [-0.25, -0.2) is 0 Å². The predicted molar refractivity (Wildman–Crippen MR) is 80.2 cm³/mol. The summed E-state index contributed by atoms with van der Waals surface area (Å²) in [6.45, 7) is 1.26. The van der Waals surface area contributed by atoms with E-state index in [1.54, 1.807) is 12.1 Å². The third-order valence-corrected chi connectivity index (χ3v) is 3.54. The van der Waals surface area contributed by atoms with Crippen LogP contribution in [0.4, 0.5) is 24.5 Å². The van der Waals surface area contributed by atoms with Gasteiger partial charge in [0.1, 0.15) is 0 Å². The van der Waals surface area contributed by atoms with Crippen LogP contribution >= 0.6 is 0 Å². The molecule has 1 aliphatic heterocycles. The van der Waals surface area contributed by atoms with E-state index < -0.39 is 24.5 Å². The highest BCUT2D eigenvalue weighted by molar-refractivity contribution is 5.95. The molecule has 0 bridgehead atoms. The summed E-state index contributed by atoms with van der Waals surface area (Å²) in [6, 6.07) is 7.09. The van der Waals surface area contributed by atoms with Crippen LogP contribution in [0.25, 0.3) is 0 Å². The minimum Gasteiger partial charge on any atom is -0.372 e. The molecule has 1 aliphatic rings. The van der Waals surface area contributed by atoms with Crippen LogP contribution in [0.2, 0.25) is 0 Å². The molecule has 8 heteroatoms. The molecule has 1 fully saturated rings. The zero-order valence-corrected chi connectivity index (χ0v) is 12.4. The number of benzene rings is 1. The van der Waals surface area contributed by atoms with E-state index in [4.69, 9.17) is 0 Å². The fourth-order valence-corrected chi connectivity index (χ4v) is 2.37. The van der Waals surface area contributed by atoms with Gasteiger partial charge < -0.3 is 15.5 Å². The summed E-state index contributed by atoms with van der Waals surface area (Å²) in [6.07, 6.45) is -1.46. The Hall–Kier alpha value is -2.25. The van der Waals surface area contributed by atoms with Crippen molar-refractivity contribution in [2.24, 2.45) is 0 Å². The van der Waals surface area contributed by atoms with Crippen molar-refractivity contribution in [3.8, 4) is 0 Å². The number of anilines is 2. The van der Waals surface area contributed by atoms with Crippen LogP contribution in [-0.4, -0.2) is 37.6 Å². The van der Waals surface area contributed by atoms with Crippen molar-refractivity contribution >= 4 is 23.2 Å². The number of carbonyl (C=O) groups excluding carboxylic acids is 2. The van der Waals surface area contributed by atoms with Crippen molar-refractivity contribution in [2.45, 2.75) is 25.4 Å². The first-order valence-corrected chi connectivity index (χ1v) is 7.36. The second kappa shape index (κ2) is 7.34. The number of amides is 2. The third kappa shape index (κ3) is 5.15. The van der Waals surface area contributed by atoms with Gasteiger partial charge in [-0.1, -0.05) is 0 Å². The molecule has 1 saturated heterocycles. The molecule has 126 valence electrons. The highest BCUT2D eigenvalue weighted by Gasteiger charge is 2.38. The second-order valence-corrected chi connectivity index (χ2v) is 5.32. The monoisotopic (exact) mass is 329 g/mol. The van der Waals surface area contributed by atoms with Gasteiger partial charge in [0.2, 0.25) is 5.91 Å². The van der Waals surface area contributed by atoms with E-state index in [1.807, 2.05) is 12.1 Å². The van der Waals surface area contributed by atoms with E-state index in [9.17, 15) is 22.8 Å². The molecule has 0 aromatic heterocycles. The lowest BCUT2D eigenvalue weighted by Crippen LogP contribution is -2.41. The molecule has 0 atom stereocenters. The largest absolute Gasteiger partial charge is 0.471 e. The zero-order chi connectivity index (χ0) is 16.9. The van der Waals surface area contributed by atoms with Crippen LogP contribution in [0.3, 0.4) is 0 Å². The van der Waals surface area contributed by atoms with Crippen LogP contribution in [0.15, 0.2) is 24.3 Å². The van der Waals surface area contributed by atoms with Crippen molar-refractivity contribution in [1.82, 2.24) is 5.32 Å². The van der Waals surface area contributed by atoms with Crippen molar-refractivity contribution in [3.63, 3.8) is 0 Å². The molecule has 0 radical (unpaired) electrons. The second-order valence-electron chi connectivity index (χ2n) is 5.32. The van der Waals surface area contributed by atoms with Gasteiger partial charge in [-0.2, -0.15) is 13.2 Å². The number of nitrogens with zero attached hydrogens (tertiary/aromatic N) is 1. The van der Waals surface area contributed by atoms with Crippen molar-refractivity contribution < 1.29 is 22.8 Å². The zero-order valence-electron chi connectivity index (χ0n) is 12.4. The van der Waals surface area contributed by atoms with Gasteiger partial charge in [-0.15, -0.1) is 0 Å². The fourth-order valence-electron chi connectivity index (χ4n) is 2.37. The molecule has 0 unspecified atom stereocenters. The molecule has 1 aromatic carbocycles. The summed E-state index contributed by atoms with van der Waals surface area (Å²) in [5.74, 6) is -2.85. The summed E-state index contributed by atoms with van der Waals surface area (Å²) < 4.78 is 36.0. The number of halogens is 3. The maximum atomic E-state index is 12.0. The quantitative estimate of drug-likeness (QED) is 0.891. The Morgan fingerprint density at radius 2 is 1.65 bits per heavy atom. The maximum absolute atomic E-state index is 12.0. The van der Waals surface area contributed by atoms with Crippen molar-refractivity contribution in [2.75, 3.05) is 29.9 Å². The van der Waals surface area contributed by atoms with E-state index >= 15 is 0 Å². The van der Waals surface area contributed by atoms with Gasteiger partial charge in [0, 0.05) is 24.5 Å². The molecular weight excluding hydrogens is 311 g/mol. The van der Waals surface area contributed by atoms with Crippen LogP contribution in [-0.2, 0) is 9.59 Å². The van der Waals surface area contributed by atoms with Gasteiger partial charge in [-0.05, 0) is 43.5 Å². The first kappa shape index (κ1) is 17.1. The van der Waals surface area contributed by atoms with Crippen LogP contribution in [0.1, 0.15) is 19.3 Å². The molecule has 5 nitrogen and oxygen atoms in total.